The topological polar surface area (TPSA) is 49.8 Å². The molecule has 0 saturated carbocycles. The van der Waals surface area contributed by atoms with E-state index < -0.39 is 6.10 Å². The quantitative estimate of drug-likeness (QED) is 0.823. The summed E-state index contributed by atoms with van der Waals surface area (Å²) in [5.41, 5.74) is 0.866. The van der Waals surface area contributed by atoms with Crippen molar-refractivity contribution in [2.24, 2.45) is 0 Å². The van der Waals surface area contributed by atoms with Gasteiger partial charge in [-0.2, -0.15) is 0 Å². The molecule has 1 rings (SSSR count). The summed E-state index contributed by atoms with van der Waals surface area (Å²) in [6.45, 7) is 7.26. The largest absolute Gasteiger partial charge is 0.484 e. The van der Waals surface area contributed by atoms with Crippen LogP contribution in [0.4, 0.5) is 0 Å². The molecule has 0 spiro atoms. The molecule has 19 heavy (non-hydrogen) atoms. The van der Waals surface area contributed by atoms with Gasteiger partial charge < -0.3 is 14.7 Å². The Labute approximate surface area is 115 Å². The molecule has 0 radical (unpaired) electrons. The number of likely N-dealkylation sites (N-methyl/N-ethyl adjacent to an activating group) is 1. The molecule has 0 saturated heterocycles. The Morgan fingerprint density at radius 2 is 1.79 bits per heavy atom. The first kappa shape index (κ1) is 15.5. The maximum absolute atomic E-state index is 11.8. The zero-order valence-electron chi connectivity index (χ0n) is 11.9. The van der Waals surface area contributed by atoms with Crippen molar-refractivity contribution in [1.82, 2.24) is 4.90 Å². The second-order valence-corrected chi connectivity index (χ2v) is 4.35. The van der Waals surface area contributed by atoms with E-state index in [2.05, 4.69) is 0 Å². The van der Waals surface area contributed by atoms with Gasteiger partial charge in [0.1, 0.15) is 5.75 Å². The maximum atomic E-state index is 11.8. The Morgan fingerprint density at radius 3 is 2.26 bits per heavy atom. The normalized spacial score (nSPS) is 12.0. The van der Waals surface area contributed by atoms with Crippen LogP contribution in [0, 0.1) is 0 Å². The van der Waals surface area contributed by atoms with E-state index in [1.54, 1.807) is 17.0 Å². The zero-order chi connectivity index (χ0) is 14.3. The number of nitrogens with zero attached hydrogens (tertiary/aromatic N) is 1. The van der Waals surface area contributed by atoms with Gasteiger partial charge in [0, 0.05) is 13.1 Å². The first-order valence-corrected chi connectivity index (χ1v) is 6.80. The van der Waals surface area contributed by atoms with E-state index in [1.807, 2.05) is 32.9 Å². The number of aliphatic hydroxyl groups excluding tert-OH is 1. The molecule has 0 aliphatic carbocycles. The highest BCUT2D eigenvalue weighted by atomic mass is 16.5. The fraction of sp³-hybridized carbons (Fsp3) is 0.533. The molecule has 4 nitrogen and oxygen atoms in total. The maximum Gasteiger partial charge on any atom is 0.260 e. The van der Waals surface area contributed by atoms with Crippen LogP contribution in [0.5, 0.6) is 5.75 Å². The molecule has 0 aliphatic heterocycles. The lowest BCUT2D eigenvalue weighted by Gasteiger charge is -2.18. The third kappa shape index (κ3) is 4.56. The Bertz CT molecular complexity index is 385. The van der Waals surface area contributed by atoms with Gasteiger partial charge in [0.05, 0.1) is 6.10 Å². The van der Waals surface area contributed by atoms with E-state index >= 15 is 0 Å². The molecular weight excluding hydrogens is 242 g/mol. The lowest BCUT2D eigenvalue weighted by molar-refractivity contribution is -0.132. The number of carbonyl (C=O) groups excluding carboxylic acids is 1. The Kier molecular flexibility index (Phi) is 6.36. The SMILES string of the molecule is CCC(O)c1ccc(OCC(=O)N(CC)CC)cc1. The van der Waals surface area contributed by atoms with E-state index in [0.29, 0.717) is 25.3 Å². The van der Waals surface area contributed by atoms with Crippen molar-refractivity contribution in [1.29, 1.82) is 0 Å². The number of benzene rings is 1. The fourth-order valence-corrected chi connectivity index (χ4v) is 1.83. The first-order valence-electron chi connectivity index (χ1n) is 6.80. The van der Waals surface area contributed by atoms with Crippen LogP contribution < -0.4 is 4.74 Å². The van der Waals surface area contributed by atoms with Gasteiger partial charge in [0.25, 0.3) is 5.91 Å². The van der Waals surface area contributed by atoms with Gasteiger partial charge in [-0.25, -0.2) is 0 Å². The summed E-state index contributed by atoms with van der Waals surface area (Å²) in [5, 5.41) is 9.67. The van der Waals surface area contributed by atoms with E-state index in [1.165, 1.54) is 0 Å². The molecule has 1 atom stereocenters. The van der Waals surface area contributed by atoms with Crippen LogP contribution in [0.1, 0.15) is 38.9 Å². The summed E-state index contributed by atoms with van der Waals surface area (Å²) in [6, 6.07) is 7.21. The highest BCUT2D eigenvalue weighted by Crippen LogP contribution is 2.19. The summed E-state index contributed by atoms with van der Waals surface area (Å²) in [7, 11) is 0. The third-order valence-corrected chi connectivity index (χ3v) is 3.13. The summed E-state index contributed by atoms with van der Waals surface area (Å²) >= 11 is 0. The van der Waals surface area contributed by atoms with Crippen molar-refractivity contribution in [3.05, 3.63) is 29.8 Å². The molecule has 0 bridgehead atoms. The Balaban J connectivity index is 2.52. The van der Waals surface area contributed by atoms with E-state index in [-0.39, 0.29) is 12.5 Å². The van der Waals surface area contributed by atoms with Crippen LogP contribution in [-0.2, 0) is 4.79 Å². The fourth-order valence-electron chi connectivity index (χ4n) is 1.83. The van der Waals surface area contributed by atoms with E-state index in [0.717, 1.165) is 5.56 Å². The Morgan fingerprint density at radius 1 is 1.21 bits per heavy atom. The molecule has 1 aromatic rings. The van der Waals surface area contributed by atoms with Gasteiger partial charge in [0.2, 0.25) is 0 Å². The van der Waals surface area contributed by atoms with Gasteiger partial charge in [-0.3, -0.25) is 4.79 Å². The molecule has 0 heterocycles. The summed E-state index contributed by atoms with van der Waals surface area (Å²) in [5.74, 6) is 0.634. The second-order valence-electron chi connectivity index (χ2n) is 4.35. The van der Waals surface area contributed by atoms with Crippen molar-refractivity contribution in [3.63, 3.8) is 0 Å². The predicted molar refractivity (Wildman–Crippen MR) is 75.1 cm³/mol. The number of hydrogen-bond acceptors (Lipinski definition) is 3. The number of hydrogen-bond donors (Lipinski definition) is 1. The van der Waals surface area contributed by atoms with E-state index in [9.17, 15) is 9.90 Å². The van der Waals surface area contributed by atoms with Gasteiger partial charge in [0.15, 0.2) is 6.61 Å². The monoisotopic (exact) mass is 265 g/mol. The third-order valence-electron chi connectivity index (χ3n) is 3.13. The first-order chi connectivity index (χ1) is 9.12. The molecule has 1 N–H and O–H groups in total. The number of aliphatic hydroxyl groups is 1. The van der Waals surface area contributed by atoms with Gasteiger partial charge in [-0.05, 0) is 38.0 Å². The van der Waals surface area contributed by atoms with Crippen LogP contribution in [-0.4, -0.2) is 35.6 Å². The van der Waals surface area contributed by atoms with Crippen molar-refractivity contribution in [3.8, 4) is 5.75 Å². The summed E-state index contributed by atoms with van der Waals surface area (Å²) in [4.78, 5) is 13.5. The lowest BCUT2D eigenvalue weighted by atomic mass is 10.1. The molecule has 1 aromatic carbocycles. The summed E-state index contributed by atoms with van der Waals surface area (Å²) in [6.07, 6.45) is 0.243. The predicted octanol–water partition coefficient (Wildman–Crippen LogP) is 2.38. The number of rotatable bonds is 7. The molecule has 1 unspecified atom stereocenters. The average Bonchev–Trinajstić information content (AvgIpc) is 2.46. The highest BCUT2D eigenvalue weighted by Gasteiger charge is 2.10. The zero-order valence-corrected chi connectivity index (χ0v) is 11.9. The van der Waals surface area contributed by atoms with Crippen molar-refractivity contribution in [2.75, 3.05) is 19.7 Å². The van der Waals surface area contributed by atoms with Crippen molar-refractivity contribution in [2.45, 2.75) is 33.3 Å². The number of carbonyl (C=O) groups is 1. The minimum absolute atomic E-state index is 0.0114. The second kappa shape index (κ2) is 7.79. The van der Waals surface area contributed by atoms with Crippen LogP contribution >= 0.6 is 0 Å². The van der Waals surface area contributed by atoms with Crippen molar-refractivity contribution < 1.29 is 14.6 Å². The smallest absolute Gasteiger partial charge is 0.260 e. The lowest BCUT2D eigenvalue weighted by Crippen LogP contribution is -2.34. The molecule has 1 amide bonds. The summed E-state index contributed by atoms with van der Waals surface area (Å²) < 4.78 is 5.45. The average molecular weight is 265 g/mol. The highest BCUT2D eigenvalue weighted by molar-refractivity contribution is 5.77. The van der Waals surface area contributed by atoms with Gasteiger partial charge in [-0.15, -0.1) is 0 Å². The Hall–Kier alpha value is -1.55. The molecule has 0 aromatic heterocycles. The van der Waals surface area contributed by atoms with Crippen LogP contribution in [0.3, 0.4) is 0 Å². The van der Waals surface area contributed by atoms with E-state index in [4.69, 9.17) is 4.74 Å². The molecule has 106 valence electrons. The minimum Gasteiger partial charge on any atom is -0.484 e. The van der Waals surface area contributed by atoms with Crippen molar-refractivity contribution >= 4 is 5.91 Å². The molecular formula is C15H23NO3. The van der Waals surface area contributed by atoms with Crippen LogP contribution in [0.25, 0.3) is 0 Å². The van der Waals surface area contributed by atoms with Crippen LogP contribution in [0.2, 0.25) is 0 Å². The molecule has 4 heteroatoms. The van der Waals surface area contributed by atoms with Gasteiger partial charge in [-0.1, -0.05) is 19.1 Å². The number of amides is 1. The minimum atomic E-state index is -0.439. The molecule has 0 fully saturated rings. The standard InChI is InChI=1S/C15H23NO3/c1-4-14(17)12-7-9-13(10-8-12)19-11-15(18)16(5-2)6-3/h7-10,14,17H,4-6,11H2,1-3H3. The van der Waals surface area contributed by atoms with Gasteiger partial charge >= 0.3 is 0 Å². The molecule has 0 aliphatic rings. The number of ether oxygens (including phenoxy) is 1. The van der Waals surface area contributed by atoms with Crippen LogP contribution in [0.15, 0.2) is 24.3 Å².